The number of carbonyl (C=O) groups is 1. The van der Waals surface area contributed by atoms with Gasteiger partial charge < -0.3 is 20.4 Å². The third kappa shape index (κ3) is 2.61. The summed E-state index contributed by atoms with van der Waals surface area (Å²) in [6.45, 7) is 6.40. The Morgan fingerprint density at radius 2 is 2.23 bits per heavy atom. The van der Waals surface area contributed by atoms with Crippen molar-refractivity contribution in [2.45, 2.75) is 38.8 Å². The van der Waals surface area contributed by atoms with E-state index in [-0.39, 0.29) is 17.6 Å². The Labute approximate surface area is 138 Å². The molecule has 22 heavy (non-hydrogen) atoms. The zero-order chi connectivity index (χ0) is 16.7. The number of hydrogen-bond donors (Lipinski definition) is 2. The molecule has 7 heteroatoms. The van der Waals surface area contributed by atoms with Crippen molar-refractivity contribution < 1.29 is 9.53 Å². The number of ether oxygens (including phenoxy) is 1. The highest BCUT2D eigenvalue weighted by atomic mass is 79.9. The number of aryl methyl sites for hydroxylation is 1. The molecule has 1 aliphatic rings. The van der Waals surface area contributed by atoms with Crippen molar-refractivity contribution in [1.82, 2.24) is 4.57 Å². The van der Waals surface area contributed by atoms with Crippen LogP contribution in [0.5, 0.6) is 0 Å². The molecule has 1 fully saturated rings. The average molecular weight is 372 g/mol. The van der Waals surface area contributed by atoms with Crippen LogP contribution in [-0.4, -0.2) is 28.7 Å². The molecule has 6 nitrogen and oxygen atoms in total. The summed E-state index contributed by atoms with van der Waals surface area (Å²) in [6.07, 6.45) is 2.02. The zero-order valence-corrected chi connectivity index (χ0v) is 14.9. The molecular weight excluding hydrogens is 350 g/mol. The maximum absolute atomic E-state index is 12.6. The summed E-state index contributed by atoms with van der Waals surface area (Å²) in [7, 11) is 1.62. The van der Waals surface area contributed by atoms with Crippen molar-refractivity contribution in [2.24, 2.45) is 18.2 Å². The van der Waals surface area contributed by atoms with Crippen LogP contribution in [0.4, 0.5) is 5.69 Å². The van der Waals surface area contributed by atoms with Gasteiger partial charge in [-0.3, -0.25) is 9.59 Å². The maximum atomic E-state index is 12.6. The van der Waals surface area contributed by atoms with E-state index < -0.39 is 11.0 Å². The van der Waals surface area contributed by atoms with Crippen LogP contribution in [0.15, 0.2) is 21.5 Å². The average Bonchev–Trinajstić information content (AvgIpc) is 2.44. The number of aromatic nitrogens is 1. The van der Waals surface area contributed by atoms with Crippen LogP contribution in [0, 0.1) is 5.41 Å². The molecule has 2 atom stereocenters. The molecule has 0 radical (unpaired) electrons. The summed E-state index contributed by atoms with van der Waals surface area (Å²) in [5.74, 6) is -0.265. The molecule has 1 heterocycles. The topological polar surface area (TPSA) is 86.3 Å². The Balaban J connectivity index is 2.18. The Hall–Kier alpha value is -1.18. The number of hydrogen-bond acceptors (Lipinski definition) is 4. The number of amides is 1. The van der Waals surface area contributed by atoms with Crippen molar-refractivity contribution in [3.63, 3.8) is 0 Å². The third-order valence-corrected chi connectivity index (χ3v) is 5.20. The Morgan fingerprint density at radius 3 is 2.73 bits per heavy atom. The first kappa shape index (κ1) is 17.2. The van der Waals surface area contributed by atoms with Gasteiger partial charge in [0.05, 0.1) is 16.3 Å². The maximum Gasteiger partial charge on any atom is 0.264 e. The SMILES string of the molecule is CCOC1CC(N)(C(=O)Nc2cc(Br)c(=O)n(C)c2)C1(C)C. The molecule has 1 aromatic heterocycles. The van der Waals surface area contributed by atoms with E-state index in [0.717, 1.165) is 0 Å². The number of nitrogens with zero attached hydrogens (tertiary/aromatic N) is 1. The van der Waals surface area contributed by atoms with Gasteiger partial charge in [-0.15, -0.1) is 0 Å². The normalized spacial score (nSPS) is 26.4. The summed E-state index contributed by atoms with van der Waals surface area (Å²) < 4.78 is 7.42. The highest BCUT2D eigenvalue weighted by molar-refractivity contribution is 9.10. The Kier molecular flexibility index (Phi) is 4.52. The minimum atomic E-state index is -0.992. The second-order valence-corrected chi connectivity index (χ2v) is 7.14. The number of halogens is 1. The van der Waals surface area contributed by atoms with Crippen molar-refractivity contribution in [3.8, 4) is 0 Å². The van der Waals surface area contributed by atoms with E-state index in [0.29, 0.717) is 23.2 Å². The molecule has 0 aliphatic heterocycles. The second kappa shape index (κ2) is 5.79. The van der Waals surface area contributed by atoms with Gasteiger partial charge in [0.2, 0.25) is 5.91 Å². The fraction of sp³-hybridized carbons (Fsp3) is 0.600. The standard InChI is InChI=1S/C15H22BrN3O3/c1-5-22-11-7-15(17,14(11,2)3)13(21)18-9-6-10(16)12(20)19(4)8-9/h6,8,11H,5,7,17H2,1-4H3,(H,18,21). The minimum absolute atomic E-state index is 0.0277. The highest BCUT2D eigenvalue weighted by Crippen LogP contribution is 2.50. The fourth-order valence-electron chi connectivity index (χ4n) is 2.80. The summed E-state index contributed by atoms with van der Waals surface area (Å²) >= 11 is 3.18. The molecule has 0 bridgehead atoms. The first-order chi connectivity index (χ1) is 10.1. The van der Waals surface area contributed by atoms with E-state index in [2.05, 4.69) is 21.2 Å². The second-order valence-electron chi connectivity index (χ2n) is 6.29. The molecule has 0 spiro atoms. The van der Waals surface area contributed by atoms with Crippen molar-refractivity contribution >= 4 is 27.5 Å². The number of anilines is 1. The molecule has 3 N–H and O–H groups in total. The van der Waals surface area contributed by atoms with Gasteiger partial charge in [-0.25, -0.2) is 0 Å². The molecule has 1 aliphatic carbocycles. The van der Waals surface area contributed by atoms with E-state index in [1.165, 1.54) is 4.57 Å². The quantitative estimate of drug-likeness (QED) is 0.841. The van der Waals surface area contributed by atoms with Crippen molar-refractivity contribution in [2.75, 3.05) is 11.9 Å². The smallest absolute Gasteiger partial charge is 0.264 e. The lowest BCUT2D eigenvalue weighted by molar-refractivity contribution is -0.166. The number of carbonyl (C=O) groups excluding carboxylic acids is 1. The van der Waals surface area contributed by atoms with E-state index >= 15 is 0 Å². The van der Waals surface area contributed by atoms with E-state index in [9.17, 15) is 9.59 Å². The molecule has 1 saturated carbocycles. The van der Waals surface area contributed by atoms with E-state index in [1.54, 1.807) is 19.3 Å². The summed E-state index contributed by atoms with van der Waals surface area (Å²) in [4.78, 5) is 24.2. The fourth-order valence-corrected chi connectivity index (χ4v) is 3.33. The lowest BCUT2D eigenvalue weighted by atomic mass is 9.54. The Morgan fingerprint density at radius 1 is 1.59 bits per heavy atom. The van der Waals surface area contributed by atoms with Gasteiger partial charge in [0.1, 0.15) is 5.54 Å². The lowest BCUT2D eigenvalue weighted by Crippen LogP contribution is -2.74. The summed E-state index contributed by atoms with van der Waals surface area (Å²) in [5, 5.41) is 2.80. The van der Waals surface area contributed by atoms with Gasteiger partial charge in [-0.05, 0) is 28.9 Å². The van der Waals surface area contributed by atoms with Gasteiger partial charge in [-0.1, -0.05) is 13.8 Å². The summed E-state index contributed by atoms with van der Waals surface area (Å²) in [6, 6.07) is 1.58. The third-order valence-electron chi connectivity index (χ3n) is 4.63. The van der Waals surface area contributed by atoms with E-state index in [1.807, 2.05) is 20.8 Å². The van der Waals surface area contributed by atoms with Gasteiger partial charge in [0.15, 0.2) is 0 Å². The first-order valence-electron chi connectivity index (χ1n) is 7.21. The van der Waals surface area contributed by atoms with E-state index in [4.69, 9.17) is 10.5 Å². The number of nitrogens with two attached hydrogens (primary N) is 1. The van der Waals surface area contributed by atoms with Crippen LogP contribution in [0.25, 0.3) is 0 Å². The molecule has 122 valence electrons. The van der Waals surface area contributed by atoms with Crippen LogP contribution < -0.4 is 16.6 Å². The zero-order valence-electron chi connectivity index (χ0n) is 13.3. The lowest BCUT2D eigenvalue weighted by Gasteiger charge is -2.57. The van der Waals surface area contributed by atoms with Crippen molar-refractivity contribution in [3.05, 3.63) is 27.1 Å². The predicted molar refractivity (Wildman–Crippen MR) is 88.7 cm³/mol. The molecule has 0 aromatic carbocycles. The number of rotatable bonds is 4. The highest BCUT2D eigenvalue weighted by Gasteiger charge is 2.62. The molecule has 1 aromatic rings. The Bertz CT molecular complexity index is 630. The monoisotopic (exact) mass is 371 g/mol. The van der Waals surface area contributed by atoms with Crippen LogP contribution in [-0.2, 0) is 16.6 Å². The molecule has 2 unspecified atom stereocenters. The van der Waals surface area contributed by atoms with Crippen LogP contribution in [0.2, 0.25) is 0 Å². The van der Waals surface area contributed by atoms with Crippen LogP contribution in [0.1, 0.15) is 27.2 Å². The van der Waals surface area contributed by atoms with Crippen molar-refractivity contribution in [1.29, 1.82) is 0 Å². The molecule has 0 saturated heterocycles. The van der Waals surface area contributed by atoms with Gasteiger partial charge in [0, 0.05) is 31.7 Å². The largest absolute Gasteiger partial charge is 0.378 e. The summed E-state index contributed by atoms with van der Waals surface area (Å²) in [5.41, 5.74) is 5.24. The minimum Gasteiger partial charge on any atom is -0.378 e. The van der Waals surface area contributed by atoms with Gasteiger partial charge >= 0.3 is 0 Å². The predicted octanol–water partition coefficient (Wildman–Crippen LogP) is 1.62. The number of pyridine rings is 1. The first-order valence-corrected chi connectivity index (χ1v) is 8.01. The van der Waals surface area contributed by atoms with Gasteiger partial charge in [0.25, 0.3) is 5.56 Å². The van der Waals surface area contributed by atoms with Crippen LogP contribution >= 0.6 is 15.9 Å². The molecule has 2 rings (SSSR count). The number of nitrogens with one attached hydrogen (secondary N) is 1. The van der Waals surface area contributed by atoms with Gasteiger partial charge in [-0.2, -0.15) is 0 Å². The molecule has 1 amide bonds. The van der Waals surface area contributed by atoms with Crippen LogP contribution in [0.3, 0.4) is 0 Å². The molecular formula is C15H22BrN3O3.